The van der Waals surface area contributed by atoms with E-state index in [0.717, 1.165) is 39.1 Å². The first-order valence-corrected chi connectivity index (χ1v) is 8.61. The number of carbonyl (C=O) groups excluding carboxylic acids is 1. The Hall–Kier alpha value is -1.93. The monoisotopic (exact) mass is 335 g/mol. The molecule has 132 valence electrons. The summed E-state index contributed by atoms with van der Waals surface area (Å²) < 4.78 is 6.99. The van der Waals surface area contributed by atoms with Crippen molar-refractivity contribution in [2.24, 2.45) is 0 Å². The lowest BCUT2D eigenvalue weighted by molar-refractivity contribution is 0.104. The lowest BCUT2D eigenvalue weighted by Crippen LogP contribution is -2.53. The molecule has 24 heavy (non-hydrogen) atoms. The van der Waals surface area contributed by atoms with Crippen molar-refractivity contribution in [1.82, 2.24) is 24.9 Å². The molecule has 1 aromatic rings. The van der Waals surface area contributed by atoms with Crippen LogP contribution in [0.1, 0.15) is 12.8 Å². The molecule has 0 aliphatic carbocycles. The molecule has 2 aliphatic rings. The van der Waals surface area contributed by atoms with Gasteiger partial charge in [0, 0.05) is 58.1 Å². The number of rotatable bonds is 5. The first-order chi connectivity index (χ1) is 11.7. The van der Waals surface area contributed by atoms with Crippen molar-refractivity contribution < 1.29 is 9.53 Å². The van der Waals surface area contributed by atoms with Gasteiger partial charge in [-0.05, 0) is 18.9 Å². The predicted octanol–water partition coefficient (Wildman–Crippen LogP) is -0.250. The van der Waals surface area contributed by atoms with Crippen molar-refractivity contribution in [2.75, 3.05) is 45.9 Å². The Labute approximate surface area is 141 Å². The summed E-state index contributed by atoms with van der Waals surface area (Å²) in [5.41, 5.74) is -0.0790. The summed E-state index contributed by atoms with van der Waals surface area (Å²) >= 11 is 0. The molecule has 8 heteroatoms. The fourth-order valence-electron chi connectivity index (χ4n) is 3.08. The van der Waals surface area contributed by atoms with Crippen LogP contribution >= 0.6 is 0 Å². The Balaban J connectivity index is 1.36. The third-order valence-electron chi connectivity index (χ3n) is 4.58. The Morgan fingerprint density at radius 3 is 2.83 bits per heavy atom. The van der Waals surface area contributed by atoms with E-state index in [9.17, 15) is 9.59 Å². The van der Waals surface area contributed by atoms with Crippen molar-refractivity contribution in [1.29, 1.82) is 0 Å². The van der Waals surface area contributed by atoms with Crippen LogP contribution in [0.25, 0.3) is 0 Å². The van der Waals surface area contributed by atoms with Gasteiger partial charge >= 0.3 is 6.03 Å². The summed E-state index contributed by atoms with van der Waals surface area (Å²) in [6.07, 6.45) is 3.91. The number of nitrogens with one attached hydrogen (secondary N) is 1. The molecule has 0 saturated carbocycles. The first-order valence-electron chi connectivity index (χ1n) is 8.61. The predicted molar refractivity (Wildman–Crippen MR) is 88.9 cm³/mol. The highest BCUT2D eigenvalue weighted by Crippen LogP contribution is 2.11. The average molecular weight is 335 g/mol. The summed E-state index contributed by atoms with van der Waals surface area (Å²) in [5.74, 6) is 0. The quantitative estimate of drug-likeness (QED) is 0.803. The molecule has 3 heterocycles. The zero-order valence-electron chi connectivity index (χ0n) is 13.9. The zero-order chi connectivity index (χ0) is 16.8. The molecule has 1 aromatic heterocycles. The molecule has 1 atom stereocenters. The largest absolute Gasteiger partial charge is 0.376 e. The van der Waals surface area contributed by atoms with E-state index in [1.54, 1.807) is 12.3 Å². The van der Waals surface area contributed by atoms with Gasteiger partial charge in [-0.3, -0.25) is 9.69 Å². The zero-order valence-corrected chi connectivity index (χ0v) is 13.9. The van der Waals surface area contributed by atoms with Crippen LogP contribution in [-0.2, 0) is 11.3 Å². The summed E-state index contributed by atoms with van der Waals surface area (Å²) in [4.78, 5) is 27.9. The highest BCUT2D eigenvalue weighted by molar-refractivity contribution is 5.74. The van der Waals surface area contributed by atoms with Crippen molar-refractivity contribution in [2.45, 2.75) is 25.5 Å². The Bertz CT molecular complexity index is 591. The molecule has 0 bridgehead atoms. The number of nitrogens with zero attached hydrogens (tertiary/aromatic N) is 4. The number of aromatic nitrogens is 2. The SMILES string of the molecule is O=C(NCC1CCCO1)N1CCN(CCn2ncccc2=O)CC1. The van der Waals surface area contributed by atoms with Crippen LogP contribution in [-0.4, -0.2) is 77.6 Å². The van der Waals surface area contributed by atoms with E-state index in [-0.39, 0.29) is 17.7 Å². The number of piperazine rings is 1. The highest BCUT2D eigenvalue weighted by atomic mass is 16.5. The van der Waals surface area contributed by atoms with Gasteiger partial charge in [0.25, 0.3) is 5.56 Å². The van der Waals surface area contributed by atoms with Crippen LogP contribution in [0.2, 0.25) is 0 Å². The molecule has 3 rings (SSSR count). The molecule has 2 amide bonds. The fraction of sp³-hybridized carbons (Fsp3) is 0.688. The fourth-order valence-corrected chi connectivity index (χ4v) is 3.08. The van der Waals surface area contributed by atoms with Crippen LogP contribution < -0.4 is 10.9 Å². The number of hydrogen-bond donors (Lipinski definition) is 1. The summed E-state index contributed by atoms with van der Waals surface area (Å²) in [6.45, 7) is 5.78. The van der Waals surface area contributed by atoms with Gasteiger partial charge in [-0.15, -0.1) is 0 Å². The molecule has 8 nitrogen and oxygen atoms in total. The van der Waals surface area contributed by atoms with E-state index in [0.29, 0.717) is 26.2 Å². The second kappa shape index (κ2) is 8.25. The van der Waals surface area contributed by atoms with E-state index in [2.05, 4.69) is 15.3 Å². The molecule has 0 aromatic carbocycles. The third kappa shape index (κ3) is 4.55. The Kier molecular flexibility index (Phi) is 5.81. The van der Waals surface area contributed by atoms with E-state index in [1.165, 1.54) is 10.7 Å². The molecule has 2 aliphatic heterocycles. The van der Waals surface area contributed by atoms with E-state index in [4.69, 9.17) is 4.74 Å². The van der Waals surface area contributed by atoms with Gasteiger partial charge in [0.1, 0.15) is 0 Å². The lowest BCUT2D eigenvalue weighted by Gasteiger charge is -2.34. The molecule has 1 unspecified atom stereocenters. The van der Waals surface area contributed by atoms with E-state index < -0.39 is 0 Å². The summed E-state index contributed by atoms with van der Waals surface area (Å²) in [5, 5.41) is 7.02. The molecule has 0 radical (unpaired) electrons. The van der Waals surface area contributed by atoms with Crippen LogP contribution in [0, 0.1) is 0 Å². The maximum absolute atomic E-state index is 12.2. The van der Waals surface area contributed by atoms with Gasteiger partial charge < -0.3 is 15.0 Å². The van der Waals surface area contributed by atoms with Gasteiger partial charge in [0.2, 0.25) is 0 Å². The molecule has 2 fully saturated rings. The van der Waals surface area contributed by atoms with Crippen molar-refractivity contribution >= 4 is 6.03 Å². The third-order valence-corrected chi connectivity index (χ3v) is 4.58. The number of urea groups is 1. The normalized spacial score (nSPS) is 21.8. The highest BCUT2D eigenvalue weighted by Gasteiger charge is 2.22. The first kappa shape index (κ1) is 16.9. The minimum Gasteiger partial charge on any atom is -0.376 e. The molecular weight excluding hydrogens is 310 g/mol. The van der Waals surface area contributed by atoms with Gasteiger partial charge in [-0.25, -0.2) is 9.48 Å². The second-order valence-corrected chi connectivity index (χ2v) is 6.23. The van der Waals surface area contributed by atoms with Gasteiger partial charge in [0.15, 0.2) is 0 Å². The number of ether oxygens (including phenoxy) is 1. The van der Waals surface area contributed by atoms with Gasteiger partial charge in [-0.1, -0.05) is 0 Å². The Morgan fingerprint density at radius 1 is 1.29 bits per heavy atom. The summed E-state index contributed by atoms with van der Waals surface area (Å²) in [7, 11) is 0. The second-order valence-electron chi connectivity index (χ2n) is 6.23. The number of carbonyl (C=O) groups is 1. The molecule has 0 spiro atoms. The Morgan fingerprint density at radius 2 is 2.12 bits per heavy atom. The lowest BCUT2D eigenvalue weighted by atomic mass is 10.2. The topological polar surface area (TPSA) is 79.7 Å². The van der Waals surface area contributed by atoms with Crippen LogP contribution in [0.5, 0.6) is 0 Å². The standard InChI is InChI=1S/C16H25N5O3/c22-15-4-1-5-18-21(15)11-8-19-6-9-20(10-7-19)16(23)17-13-14-3-2-12-24-14/h1,4-5,14H,2-3,6-13H2,(H,17,23). The van der Waals surface area contributed by atoms with Crippen LogP contribution in [0.4, 0.5) is 4.79 Å². The minimum atomic E-state index is -0.0790. The van der Waals surface area contributed by atoms with E-state index in [1.807, 2.05) is 4.90 Å². The number of hydrogen-bond acceptors (Lipinski definition) is 5. The maximum atomic E-state index is 12.2. The van der Waals surface area contributed by atoms with Crippen molar-refractivity contribution in [3.05, 3.63) is 28.7 Å². The van der Waals surface area contributed by atoms with Crippen molar-refractivity contribution in [3.63, 3.8) is 0 Å². The van der Waals surface area contributed by atoms with Crippen LogP contribution in [0.3, 0.4) is 0 Å². The minimum absolute atomic E-state index is 0.00824. The maximum Gasteiger partial charge on any atom is 0.317 e. The summed E-state index contributed by atoms with van der Waals surface area (Å²) in [6, 6.07) is 3.15. The van der Waals surface area contributed by atoms with Crippen LogP contribution in [0.15, 0.2) is 23.1 Å². The van der Waals surface area contributed by atoms with Gasteiger partial charge in [-0.2, -0.15) is 5.10 Å². The van der Waals surface area contributed by atoms with E-state index >= 15 is 0 Å². The molecule has 2 saturated heterocycles. The van der Waals surface area contributed by atoms with Gasteiger partial charge in [0.05, 0.1) is 12.6 Å². The number of amides is 2. The average Bonchev–Trinajstić information content (AvgIpc) is 3.13. The molecular formula is C16H25N5O3. The smallest absolute Gasteiger partial charge is 0.317 e. The van der Waals surface area contributed by atoms with Crippen molar-refractivity contribution in [3.8, 4) is 0 Å². The molecule has 1 N–H and O–H groups in total.